The van der Waals surface area contributed by atoms with E-state index in [2.05, 4.69) is 15.9 Å². The quantitative estimate of drug-likeness (QED) is 0.740. The molecule has 0 radical (unpaired) electrons. The lowest BCUT2D eigenvalue weighted by Gasteiger charge is -2.52. The van der Waals surface area contributed by atoms with Crippen molar-refractivity contribution in [1.82, 2.24) is 4.90 Å². The van der Waals surface area contributed by atoms with Crippen molar-refractivity contribution in [3.8, 4) is 5.75 Å². The van der Waals surface area contributed by atoms with Crippen LogP contribution in [0.2, 0.25) is 0 Å². The first kappa shape index (κ1) is 16.5. The minimum atomic E-state index is -0.817. The smallest absolute Gasteiger partial charge is 0.410 e. The molecule has 3 rings (SSSR count). The number of amides is 1. The Bertz CT molecular complexity index is 652. The SMILES string of the molecule is CC(C)(C)OC(=O)N1CC2(CC(O)c3cc(F)c(Br)cc3O2)C1. The van der Waals surface area contributed by atoms with Crippen LogP contribution in [0, 0.1) is 5.82 Å². The second-order valence-corrected chi connectivity index (χ2v) is 8.00. The van der Waals surface area contributed by atoms with E-state index in [0.717, 1.165) is 0 Å². The molecular formula is C16H19BrFNO4. The molecule has 1 amide bonds. The number of nitrogens with zero attached hydrogens (tertiary/aromatic N) is 1. The topological polar surface area (TPSA) is 59.0 Å². The molecule has 23 heavy (non-hydrogen) atoms. The summed E-state index contributed by atoms with van der Waals surface area (Å²) in [5.74, 6) is 0.00667. The molecule has 0 bridgehead atoms. The maximum atomic E-state index is 13.6. The number of hydrogen-bond acceptors (Lipinski definition) is 4. The van der Waals surface area contributed by atoms with Gasteiger partial charge in [0.15, 0.2) is 0 Å². The molecule has 1 saturated heterocycles. The minimum absolute atomic E-state index is 0.281. The van der Waals surface area contributed by atoms with Crippen molar-refractivity contribution in [2.24, 2.45) is 0 Å². The number of rotatable bonds is 0. The number of carbonyl (C=O) groups is 1. The second kappa shape index (κ2) is 5.34. The van der Waals surface area contributed by atoms with Crippen molar-refractivity contribution in [2.45, 2.75) is 44.5 Å². The third-order valence-electron chi connectivity index (χ3n) is 3.91. The van der Waals surface area contributed by atoms with Crippen LogP contribution in [-0.2, 0) is 4.74 Å². The predicted octanol–water partition coefficient (Wildman–Crippen LogP) is 3.39. The highest BCUT2D eigenvalue weighted by molar-refractivity contribution is 9.10. The molecule has 5 nitrogen and oxygen atoms in total. The number of ether oxygens (including phenoxy) is 2. The summed E-state index contributed by atoms with van der Waals surface area (Å²) in [5.41, 5.74) is -0.755. The van der Waals surface area contributed by atoms with E-state index in [1.807, 2.05) is 20.8 Å². The highest BCUT2D eigenvalue weighted by atomic mass is 79.9. The normalized spacial score (nSPS) is 22.2. The molecular weight excluding hydrogens is 369 g/mol. The van der Waals surface area contributed by atoms with Crippen LogP contribution in [0.3, 0.4) is 0 Å². The second-order valence-electron chi connectivity index (χ2n) is 7.15. The fourth-order valence-electron chi connectivity index (χ4n) is 2.93. The Hall–Kier alpha value is -1.34. The summed E-state index contributed by atoms with van der Waals surface area (Å²) in [7, 11) is 0. The summed E-state index contributed by atoms with van der Waals surface area (Å²) in [6, 6.07) is 2.80. The monoisotopic (exact) mass is 387 g/mol. The molecule has 0 saturated carbocycles. The summed E-state index contributed by atoms with van der Waals surface area (Å²) < 4.78 is 25.2. The zero-order chi connectivity index (χ0) is 17.0. The molecule has 1 aromatic carbocycles. The Balaban J connectivity index is 1.73. The van der Waals surface area contributed by atoms with Crippen molar-refractivity contribution in [3.63, 3.8) is 0 Å². The Labute approximate surface area is 142 Å². The number of likely N-dealkylation sites (tertiary alicyclic amines) is 1. The Kier molecular flexibility index (Phi) is 3.84. The van der Waals surface area contributed by atoms with Crippen molar-refractivity contribution in [2.75, 3.05) is 13.1 Å². The zero-order valence-corrected chi connectivity index (χ0v) is 14.8. The van der Waals surface area contributed by atoms with Gasteiger partial charge in [0, 0.05) is 12.0 Å². The average molecular weight is 388 g/mol. The van der Waals surface area contributed by atoms with Crippen LogP contribution in [0.25, 0.3) is 0 Å². The van der Waals surface area contributed by atoms with Crippen molar-refractivity contribution in [3.05, 3.63) is 28.0 Å². The molecule has 2 aliphatic heterocycles. The molecule has 0 aromatic heterocycles. The van der Waals surface area contributed by atoms with Gasteiger partial charge in [0.05, 0.1) is 23.7 Å². The molecule has 126 valence electrons. The predicted molar refractivity (Wildman–Crippen MR) is 84.8 cm³/mol. The van der Waals surface area contributed by atoms with Gasteiger partial charge in [-0.2, -0.15) is 0 Å². The van der Waals surface area contributed by atoms with E-state index in [9.17, 15) is 14.3 Å². The van der Waals surface area contributed by atoms with E-state index in [0.29, 0.717) is 30.8 Å². The van der Waals surface area contributed by atoms with E-state index < -0.39 is 29.2 Å². The van der Waals surface area contributed by atoms with Crippen LogP contribution in [0.5, 0.6) is 5.75 Å². The molecule has 1 N–H and O–H groups in total. The number of aliphatic hydroxyl groups excluding tert-OH is 1. The van der Waals surface area contributed by atoms with Gasteiger partial charge in [-0.3, -0.25) is 0 Å². The largest absolute Gasteiger partial charge is 0.483 e. The van der Waals surface area contributed by atoms with Gasteiger partial charge in [0.1, 0.15) is 22.8 Å². The van der Waals surface area contributed by atoms with Crippen LogP contribution in [-0.4, -0.2) is 40.4 Å². The maximum absolute atomic E-state index is 13.6. The van der Waals surface area contributed by atoms with E-state index in [1.165, 1.54) is 12.1 Å². The average Bonchev–Trinajstić information content (AvgIpc) is 2.36. The Morgan fingerprint density at radius 1 is 1.48 bits per heavy atom. The first-order valence-corrected chi connectivity index (χ1v) is 8.22. The van der Waals surface area contributed by atoms with Gasteiger partial charge in [0.2, 0.25) is 0 Å². The number of aliphatic hydroxyl groups is 1. The minimum Gasteiger partial charge on any atom is -0.483 e. The zero-order valence-electron chi connectivity index (χ0n) is 13.2. The van der Waals surface area contributed by atoms with E-state index in [1.54, 1.807) is 4.90 Å². The number of hydrogen-bond donors (Lipinski definition) is 1. The van der Waals surface area contributed by atoms with E-state index in [4.69, 9.17) is 9.47 Å². The van der Waals surface area contributed by atoms with Gasteiger partial charge in [0.25, 0.3) is 0 Å². The van der Waals surface area contributed by atoms with Crippen LogP contribution >= 0.6 is 15.9 Å². The summed E-state index contributed by atoms with van der Waals surface area (Å²) in [5, 5.41) is 10.3. The number of carbonyl (C=O) groups excluding carboxylic acids is 1. The van der Waals surface area contributed by atoms with Gasteiger partial charge >= 0.3 is 6.09 Å². The van der Waals surface area contributed by atoms with Gasteiger partial charge in [-0.1, -0.05) is 0 Å². The molecule has 1 aromatic rings. The van der Waals surface area contributed by atoms with Crippen molar-refractivity contribution >= 4 is 22.0 Å². The maximum Gasteiger partial charge on any atom is 0.410 e. The molecule has 1 atom stereocenters. The van der Waals surface area contributed by atoms with Crippen molar-refractivity contribution < 1.29 is 23.8 Å². The summed E-state index contributed by atoms with van der Waals surface area (Å²) in [4.78, 5) is 13.6. The highest BCUT2D eigenvalue weighted by Gasteiger charge is 2.52. The summed E-state index contributed by atoms with van der Waals surface area (Å²) in [6.45, 7) is 6.11. The first-order chi connectivity index (χ1) is 10.6. The molecule has 1 unspecified atom stereocenters. The molecule has 7 heteroatoms. The third-order valence-corrected chi connectivity index (χ3v) is 4.52. The van der Waals surface area contributed by atoms with Crippen molar-refractivity contribution in [1.29, 1.82) is 0 Å². The van der Waals surface area contributed by atoms with Gasteiger partial charge < -0.3 is 19.5 Å². The Morgan fingerprint density at radius 3 is 2.74 bits per heavy atom. The van der Waals surface area contributed by atoms with Crippen LogP contribution in [0.15, 0.2) is 16.6 Å². The number of fused-ring (bicyclic) bond motifs is 1. The van der Waals surface area contributed by atoms with Gasteiger partial charge in [-0.05, 0) is 48.8 Å². The van der Waals surface area contributed by atoms with Crippen LogP contribution in [0.4, 0.5) is 9.18 Å². The van der Waals surface area contributed by atoms with Gasteiger partial charge in [-0.25, -0.2) is 9.18 Å². The highest BCUT2D eigenvalue weighted by Crippen LogP contribution is 2.45. The standard InChI is InChI=1S/C16H19BrFNO4/c1-15(2,3)23-14(21)19-7-16(8-19)6-12(20)9-4-11(18)10(17)5-13(9)22-16/h4-5,12,20H,6-8H2,1-3H3. The number of benzene rings is 1. The van der Waals surface area contributed by atoms with Gasteiger partial charge in [-0.15, -0.1) is 0 Å². The molecule has 1 spiro atoms. The molecule has 1 fully saturated rings. The molecule has 2 heterocycles. The summed E-state index contributed by atoms with van der Waals surface area (Å²) >= 11 is 3.12. The molecule has 0 aliphatic carbocycles. The lowest BCUT2D eigenvalue weighted by atomic mass is 9.83. The lowest BCUT2D eigenvalue weighted by Crippen LogP contribution is -2.68. The summed E-state index contributed by atoms with van der Waals surface area (Å²) in [6.07, 6.45) is -0.894. The van der Waals surface area contributed by atoms with Crippen LogP contribution < -0.4 is 4.74 Å². The van der Waals surface area contributed by atoms with E-state index >= 15 is 0 Å². The lowest BCUT2D eigenvalue weighted by molar-refractivity contribution is -0.114. The third kappa shape index (κ3) is 3.17. The fraction of sp³-hybridized carbons (Fsp3) is 0.562. The fourth-order valence-corrected chi connectivity index (χ4v) is 3.25. The van der Waals surface area contributed by atoms with Crippen LogP contribution in [0.1, 0.15) is 38.9 Å². The number of halogens is 2. The van der Waals surface area contributed by atoms with E-state index in [-0.39, 0.29) is 4.47 Å². The first-order valence-electron chi connectivity index (χ1n) is 7.43. The Morgan fingerprint density at radius 2 is 2.13 bits per heavy atom. The molecule has 2 aliphatic rings.